The molecule has 0 aliphatic carbocycles. The van der Waals surface area contributed by atoms with Crippen molar-refractivity contribution in [2.24, 2.45) is 0 Å². The van der Waals surface area contributed by atoms with Crippen LogP contribution in [0.2, 0.25) is 0 Å². The third-order valence-electron chi connectivity index (χ3n) is 4.59. The van der Waals surface area contributed by atoms with Crippen LogP contribution in [0, 0.1) is 0 Å². The molecule has 1 aliphatic rings. The summed E-state index contributed by atoms with van der Waals surface area (Å²) in [6.45, 7) is 3.48. The maximum atomic E-state index is 12.8. The van der Waals surface area contributed by atoms with Gasteiger partial charge in [0.2, 0.25) is 0 Å². The van der Waals surface area contributed by atoms with Crippen LogP contribution < -0.4 is 0 Å². The number of carbonyl (C=O) groups excluding carboxylic acids is 1. The van der Waals surface area contributed by atoms with Crippen LogP contribution in [0.15, 0.2) is 24.3 Å². The lowest BCUT2D eigenvalue weighted by Gasteiger charge is -2.31. The average molecular weight is 341 g/mol. The highest BCUT2D eigenvalue weighted by Gasteiger charge is 2.29. The first-order valence-corrected chi connectivity index (χ1v) is 9.08. The number of hydrogen-bond acceptors (Lipinski definition) is 5. The number of H-pyrrole nitrogens is 1. The molecule has 1 aliphatic heterocycles. The summed E-state index contributed by atoms with van der Waals surface area (Å²) in [6, 6.07) is 8.04. The van der Waals surface area contributed by atoms with Crippen LogP contribution in [0.1, 0.15) is 46.9 Å². The molecule has 0 unspecified atom stereocenters. The molecule has 1 aromatic carbocycles. The number of amides is 1. The summed E-state index contributed by atoms with van der Waals surface area (Å²) in [4.78, 5) is 23.5. The van der Waals surface area contributed by atoms with Crippen molar-refractivity contribution in [3.8, 4) is 0 Å². The lowest BCUT2D eigenvalue weighted by atomic mass is 9.97. The lowest BCUT2D eigenvalue weighted by molar-refractivity contribution is 0.0708. The van der Waals surface area contributed by atoms with E-state index in [1.807, 2.05) is 36.1 Å². The summed E-state index contributed by atoms with van der Waals surface area (Å²) in [5, 5.41) is 4.06. The Hall–Kier alpha value is -2.28. The number of benzene rings is 1. The second-order valence-electron chi connectivity index (χ2n) is 6.13. The minimum atomic E-state index is 0.0580. The smallest absolute Gasteiger partial charge is 0.267 e. The molecule has 0 bridgehead atoms. The second kappa shape index (κ2) is 6.32. The lowest BCUT2D eigenvalue weighted by Crippen LogP contribution is -2.39. The van der Waals surface area contributed by atoms with Crippen LogP contribution in [-0.4, -0.2) is 43.5 Å². The first-order chi connectivity index (χ1) is 11.8. The van der Waals surface area contributed by atoms with Gasteiger partial charge in [-0.25, -0.2) is 4.98 Å². The van der Waals surface area contributed by atoms with Crippen LogP contribution in [0.3, 0.4) is 0 Å². The van der Waals surface area contributed by atoms with Gasteiger partial charge in [0.25, 0.3) is 5.91 Å². The van der Waals surface area contributed by atoms with Crippen molar-refractivity contribution in [1.82, 2.24) is 24.5 Å². The van der Waals surface area contributed by atoms with Crippen molar-refractivity contribution in [1.29, 1.82) is 0 Å². The first-order valence-electron chi connectivity index (χ1n) is 8.31. The van der Waals surface area contributed by atoms with Crippen LogP contribution in [0.25, 0.3) is 11.0 Å². The number of likely N-dealkylation sites (tertiary alicyclic amines) is 1. The number of aromatic nitrogens is 4. The Bertz CT molecular complexity index is 838. The molecule has 1 N–H and O–H groups in total. The number of para-hydroxylation sites is 2. The quantitative estimate of drug-likeness (QED) is 0.795. The van der Waals surface area contributed by atoms with Crippen molar-refractivity contribution >= 4 is 28.5 Å². The Balaban J connectivity index is 1.56. The SMILES string of the molecule is CCc1nnsc1C(=O)N1CCC[C@H](c2nc3ccccc3[nH]2)C1. The molecule has 7 heteroatoms. The molecule has 1 amide bonds. The third-order valence-corrected chi connectivity index (χ3v) is 5.34. The van der Waals surface area contributed by atoms with E-state index in [0.29, 0.717) is 11.4 Å². The van der Waals surface area contributed by atoms with Gasteiger partial charge in [-0.05, 0) is 42.9 Å². The molecule has 24 heavy (non-hydrogen) atoms. The molecule has 4 rings (SSSR count). The summed E-state index contributed by atoms with van der Waals surface area (Å²) >= 11 is 1.20. The second-order valence-corrected chi connectivity index (χ2v) is 6.89. The van der Waals surface area contributed by atoms with Gasteiger partial charge in [-0.1, -0.05) is 23.5 Å². The standard InChI is InChI=1S/C17H19N5OS/c1-2-12-15(24-21-20-12)17(23)22-9-5-6-11(10-22)16-18-13-7-3-4-8-14(13)19-16/h3-4,7-8,11H,2,5-6,9-10H2,1H3,(H,18,19)/t11-/m0/s1. The highest BCUT2D eigenvalue weighted by molar-refractivity contribution is 7.08. The van der Waals surface area contributed by atoms with Crippen molar-refractivity contribution in [2.75, 3.05) is 13.1 Å². The van der Waals surface area contributed by atoms with Crippen LogP contribution in [-0.2, 0) is 6.42 Å². The van der Waals surface area contributed by atoms with E-state index in [-0.39, 0.29) is 11.8 Å². The predicted octanol–water partition coefficient (Wildman–Crippen LogP) is 3.00. The van der Waals surface area contributed by atoms with Gasteiger partial charge >= 0.3 is 0 Å². The van der Waals surface area contributed by atoms with E-state index in [1.165, 1.54) is 11.5 Å². The zero-order chi connectivity index (χ0) is 16.5. The van der Waals surface area contributed by atoms with Gasteiger partial charge in [-0.3, -0.25) is 4.79 Å². The number of rotatable bonds is 3. The van der Waals surface area contributed by atoms with E-state index < -0.39 is 0 Å². The monoisotopic (exact) mass is 341 g/mol. The fourth-order valence-corrected chi connectivity index (χ4v) is 4.02. The number of fused-ring (bicyclic) bond motifs is 1. The van der Waals surface area contributed by atoms with Crippen LogP contribution in [0.4, 0.5) is 0 Å². The molecule has 0 radical (unpaired) electrons. The Labute approximate surface area is 144 Å². The fourth-order valence-electron chi connectivity index (χ4n) is 3.30. The van der Waals surface area contributed by atoms with Gasteiger partial charge in [-0.2, -0.15) is 0 Å². The van der Waals surface area contributed by atoms with E-state index in [4.69, 9.17) is 4.98 Å². The number of aromatic amines is 1. The van der Waals surface area contributed by atoms with E-state index in [2.05, 4.69) is 14.6 Å². The van der Waals surface area contributed by atoms with Gasteiger partial charge in [-0.15, -0.1) is 5.10 Å². The minimum Gasteiger partial charge on any atom is -0.342 e. The highest BCUT2D eigenvalue weighted by Crippen LogP contribution is 2.28. The average Bonchev–Trinajstić information content (AvgIpc) is 3.27. The van der Waals surface area contributed by atoms with Crippen molar-refractivity contribution in [3.63, 3.8) is 0 Å². The summed E-state index contributed by atoms with van der Waals surface area (Å²) in [6.07, 6.45) is 2.77. The molecule has 1 fully saturated rings. The van der Waals surface area contributed by atoms with Gasteiger partial charge in [0.05, 0.1) is 16.7 Å². The van der Waals surface area contributed by atoms with Gasteiger partial charge in [0.1, 0.15) is 10.7 Å². The molecule has 3 heterocycles. The number of imidazole rings is 1. The van der Waals surface area contributed by atoms with E-state index in [1.54, 1.807) is 0 Å². The summed E-state index contributed by atoms with van der Waals surface area (Å²) in [5.74, 6) is 1.29. The first kappa shape index (κ1) is 15.3. The van der Waals surface area contributed by atoms with E-state index in [0.717, 1.165) is 48.4 Å². The summed E-state index contributed by atoms with van der Waals surface area (Å²) in [7, 11) is 0. The Morgan fingerprint density at radius 3 is 3.12 bits per heavy atom. The number of aryl methyl sites for hydroxylation is 1. The van der Waals surface area contributed by atoms with Crippen molar-refractivity contribution in [2.45, 2.75) is 32.1 Å². The number of nitrogens with zero attached hydrogens (tertiary/aromatic N) is 4. The molecule has 124 valence electrons. The van der Waals surface area contributed by atoms with E-state index >= 15 is 0 Å². The predicted molar refractivity (Wildman–Crippen MR) is 93.3 cm³/mol. The van der Waals surface area contributed by atoms with Gasteiger partial charge in [0.15, 0.2) is 0 Å². The largest absolute Gasteiger partial charge is 0.342 e. The maximum Gasteiger partial charge on any atom is 0.267 e. The van der Waals surface area contributed by atoms with Crippen molar-refractivity contribution < 1.29 is 4.79 Å². The number of piperidine rings is 1. The Kier molecular flexibility index (Phi) is 4.02. The molecule has 3 aromatic rings. The molecule has 6 nitrogen and oxygen atoms in total. The molecule has 0 saturated carbocycles. The Morgan fingerprint density at radius 1 is 1.42 bits per heavy atom. The zero-order valence-electron chi connectivity index (χ0n) is 13.5. The normalized spacial score (nSPS) is 18.2. The number of nitrogens with one attached hydrogen (secondary N) is 1. The van der Waals surface area contributed by atoms with E-state index in [9.17, 15) is 4.79 Å². The third kappa shape index (κ3) is 2.69. The van der Waals surface area contributed by atoms with Crippen LogP contribution in [0.5, 0.6) is 0 Å². The topological polar surface area (TPSA) is 74.8 Å². The molecule has 1 saturated heterocycles. The van der Waals surface area contributed by atoms with Gasteiger partial charge in [0, 0.05) is 19.0 Å². The highest BCUT2D eigenvalue weighted by atomic mass is 32.1. The summed E-state index contributed by atoms with van der Waals surface area (Å²) < 4.78 is 3.94. The zero-order valence-corrected chi connectivity index (χ0v) is 14.3. The maximum absolute atomic E-state index is 12.8. The number of carbonyl (C=O) groups is 1. The molecule has 0 spiro atoms. The van der Waals surface area contributed by atoms with Crippen molar-refractivity contribution in [3.05, 3.63) is 40.7 Å². The molecular formula is C17H19N5OS. The summed E-state index contributed by atoms with van der Waals surface area (Å²) in [5.41, 5.74) is 2.84. The fraction of sp³-hybridized carbons (Fsp3) is 0.412. The molecular weight excluding hydrogens is 322 g/mol. The molecule has 2 aromatic heterocycles. The minimum absolute atomic E-state index is 0.0580. The molecule has 1 atom stereocenters. The van der Waals surface area contributed by atoms with Crippen LogP contribution >= 0.6 is 11.5 Å². The Morgan fingerprint density at radius 2 is 2.29 bits per heavy atom. The van der Waals surface area contributed by atoms with Gasteiger partial charge < -0.3 is 9.88 Å². The number of hydrogen-bond donors (Lipinski definition) is 1.